The predicted octanol–water partition coefficient (Wildman–Crippen LogP) is 3.97. The summed E-state index contributed by atoms with van der Waals surface area (Å²) in [6.07, 6.45) is 3.70. The Bertz CT molecular complexity index is 1150. The SMILES string of the molecule is N=C(C=C(N)c1c(F)cccc1C(=O)NC(CCCO)c1ccccn1)c1ccc(F)cc1. The van der Waals surface area contributed by atoms with Gasteiger partial charge in [-0.15, -0.1) is 0 Å². The number of allylic oxidation sites excluding steroid dienone is 1. The molecule has 1 heterocycles. The number of aliphatic hydroxyl groups is 1. The molecule has 0 spiro atoms. The highest BCUT2D eigenvalue weighted by molar-refractivity contribution is 6.11. The van der Waals surface area contributed by atoms with E-state index in [1.54, 1.807) is 24.4 Å². The minimum absolute atomic E-state index is 0.000542. The van der Waals surface area contributed by atoms with Crippen LogP contribution in [0.1, 0.15) is 46.1 Å². The number of amides is 1. The van der Waals surface area contributed by atoms with Crippen LogP contribution in [0.15, 0.2) is 72.9 Å². The fraction of sp³-hybridized carbons (Fsp3) is 0.160. The van der Waals surface area contributed by atoms with E-state index in [0.717, 1.165) is 0 Å². The molecular formula is C25H24F2N4O2. The molecule has 3 aromatic rings. The maximum Gasteiger partial charge on any atom is 0.252 e. The minimum Gasteiger partial charge on any atom is -0.398 e. The summed E-state index contributed by atoms with van der Waals surface area (Å²) in [5.41, 5.74) is 6.80. The van der Waals surface area contributed by atoms with Crippen molar-refractivity contribution in [2.24, 2.45) is 5.73 Å². The van der Waals surface area contributed by atoms with E-state index in [4.69, 9.17) is 11.1 Å². The lowest BCUT2D eigenvalue weighted by molar-refractivity contribution is 0.0930. The van der Waals surface area contributed by atoms with Crippen molar-refractivity contribution in [3.63, 3.8) is 0 Å². The lowest BCUT2D eigenvalue weighted by atomic mass is 9.99. The van der Waals surface area contributed by atoms with Gasteiger partial charge >= 0.3 is 0 Å². The molecule has 0 aliphatic heterocycles. The second-order valence-electron chi connectivity index (χ2n) is 7.33. The molecule has 3 rings (SSSR count). The van der Waals surface area contributed by atoms with Gasteiger partial charge in [-0.25, -0.2) is 8.78 Å². The number of rotatable bonds is 9. The zero-order valence-electron chi connectivity index (χ0n) is 17.8. The Morgan fingerprint density at radius 3 is 2.55 bits per heavy atom. The van der Waals surface area contributed by atoms with Crippen molar-refractivity contribution in [3.8, 4) is 0 Å². The van der Waals surface area contributed by atoms with Gasteiger partial charge in [-0.2, -0.15) is 0 Å². The van der Waals surface area contributed by atoms with E-state index >= 15 is 0 Å². The van der Waals surface area contributed by atoms with Crippen LogP contribution in [-0.4, -0.2) is 28.3 Å². The molecule has 0 saturated heterocycles. The normalized spacial score (nSPS) is 12.3. The topological polar surface area (TPSA) is 112 Å². The van der Waals surface area contributed by atoms with Crippen LogP contribution in [0.5, 0.6) is 0 Å². The zero-order valence-corrected chi connectivity index (χ0v) is 17.8. The van der Waals surface area contributed by atoms with Gasteiger partial charge in [-0.05, 0) is 73.0 Å². The summed E-state index contributed by atoms with van der Waals surface area (Å²) in [4.78, 5) is 17.4. The van der Waals surface area contributed by atoms with Crippen molar-refractivity contribution < 1.29 is 18.7 Å². The van der Waals surface area contributed by atoms with Crippen molar-refractivity contribution in [2.45, 2.75) is 18.9 Å². The highest BCUT2D eigenvalue weighted by Gasteiger charge is 2.21. The Kier molecular flexibility index (Phi) is 7.99. The van der Waals surface area contributed by atoms with Crippen LogP contribution in [-0.2, 0) is 0 Å². The van der Waals surface area contributed by atoms with E-state index in [0.29, 0.717) is 24.1 Å². The van der Waals surface area contributed by atoms with E-state index < -0.39 is 23.6 Å². The molecule has 0 aliphatic rings. The fourth-order valence-corrected chi connectivity index (χ4v) is 3.35. The number of carbonyl (C=O) groups is 1. The number of benzene rings is 2. The quantitative estimate of drug-likeness (QED) is 0.370. The summed E-state index contributed by atoms with van der Waals surface area (Å²) in [5.74, 6) is -1.73. The number of carbonyl (C=O) groups excluding carboxylic acids is 1. The molecule has 0 fully saturated rings. The zero-order chi connectivity index (χ0) is 23.8. The first-order chi connectivity index (χ1) is 15.9. The molecule has 33 heavy (non-hydrogen) atoms. The number of nitrogens with one attached hydrogen (secondary N) is 2. The van der Waals surface area contributed by atoms with Crippen LogP contribution in [0.4, 0.5) is 8.78 Å². The summed E-state index contributed by atoms with van der Waals surface area (Å²) in [6.45, 7) is -0.0500. The maximum absolute atomic E-state index is 14.8. The highest BCUT2D eigenvalue weighted by Crippen LogP contribution is 2.23. The molecule has 1 unspecified atom stereocenters. The molecule has 0 aliphatic carbocycles. The van der Waals surface area contributed by atoms with Crippen LogP contribution in [0.3, 0.4) is 0 Å². The standard InChI is InChI=1S/C25H24F2N4O2/c26-17-11-9-16(10-12-17)20(28)15-21(29)24-18(5-3-6-19(24)27)25(33)31-23(8-4-14-32)22-7-1-2-13-30-22/h1-3,5-7,9-13,15,23,28,32H,4,8,14,29H2,(H,31,33). The first-order valence-electron chi connectivity index (χ1n) is 10.3. The molecule has 5 N–H and O–H groups in total. The molecule has 8 heteroatoms. The van der Waals surface area contributed by atoms with Crippen LogP contribution in [0.2, 0.25) is 0 Å². The maximum atomic E-state index is 14.8. The number of aliphatic hydroxyl groups excluding tert-OH is 1. The molecule has 1 aromatic heterocycles. The van der Waals surface area contributed by atoms with E-state index in [1.807, 2.05) is 0 Å². The number of aromatic nitrogens is 1. The summed E-state index contributed by atoms with van der Waals surface area (Å²) in [6, 6.07) is 14.1. The van der Waals surface area contributed by atoms with E-state index in [-0.39, 0.29) is 29.1 Å². The van der Waals surface area contributed by atoms with Gasteiger partial charge in [-0.1, -0.05) is 12.1 Å². The molecule has 1 amide bonds. The van der Waals surface area contributed by atoms with Gasteiger partial charge < -0.3 is 21.6 Å². The Morgan fingerprint density at radius 1 is 1.12 bits per heavy atom. The summed E-state index contributed by atoms with van der Waals surface area (Å²) >= 11 is 0. The Balaban J connectivity index is 1.91. The summed E-state index contributed by atoms with van der Waals surface area (Å²) in [7, 11) is 0. The summed E-state index contributed by atoms with van der Waals surface area (Å²) < 4.78 is 27.9. The average molecular weight is 450 g/mol. The second kappa shape index (κ2) is 11.1. The number of nitrogens with two attached hydrogens (primary N) is 1. The van der Waals surface area contributed by atoms with Crippen molar-refractivity contribution in [3.05, 3.63) is 107 Å². The van der Waals surface area contributed by atoms with Crippen LogP contribution < -0.4 is 11.1 Å². The summed E-state index contributed by atoms with van der Waals surface area (Å²) in [5, 5.41) is 20.2. The van der Waals surface area contributed by atoms with Gasteiger partial charge in [0.25, 0.3) is 5.91 Å². The largest absolute Gasteiger partial charge is 0.398 e. The van der Waals surface area contributed by atoms with Gasteiger partial charge in [-0.3, -0.25) is 9.78 Å². The Labute approximate surface area is 190 Å². The average Bonchev–Trinajstić information content (AvgIpc) is 2.82. The van der Waals surface area contributed by atoms with Gasteiger partial charge in [0, 0.05) is 24.1 Å². The number of hydrogen-bond donors (Lipinski definition) is 4. The van der Waals surface area contributed by atoms with Crippen molar-refractivity contribution in [1.29, 1.82) is 5.41 Å². The van der Waals surface area contributed by atoms with E-state index in [2.05, 4.69) is 10.3 Å². The predicted molar refractivity (Wildman–Crippen MR) is 123 cm³/mol. The van der Waals surface area contributed by atoms with Gasteiger partial charge in [0.05, 0.1) is 23.0 Å². The molecule has 0 saturated carbocycles. The van der Waals surface area contributed by atoms with Crippen molar-refractivity contribution >= 4 is 17.3 Å². The smallest absolute Gasteiger partial charge is 0.252 e. The molecule has 0 bridgehead atoms. The molecule has 2 aromatic carbocycles. The minimum atomic E-state index is -0.715. The first kappa shape index (κ1) is 23.7. The van der Waals surface area contributed by atoms with Crippen LogP contribution in [0, 0.1) is 17.0 Å². The van der Waals surface area contributed by atoms with E-state index in [9.17, 15) is 18.7 Å². The van der Waals surface area contributed by atoms with Crippen molar-refractivity contribution in [2.75, 3.05) is 6.61 Å². The molecule has 170 valence electrons. The van der Waals surface area contributed by atoms with Gasteiger partial charge in [0.2, 0.25) is 0 Å². The van der Waals surface area contributed by atoms with Crippen LogP contribution in [0.25, 0.3) is 5.70 Å². The second-order valence-corrected chi connectivity index (χ2v) is 7.33. The molecule has 1 atom stereocenters. The Hall–Kier alpha value is -3.91. The fourth-order valence-electron chi connectivity index (χ4n) is 3.35. The third-order valence-electron chi connectivity index (χ3n) is 5.00. The van der Waals surface area contributed by atoms with Gasteiger partial charge in [0.15, 0.2) is 0 Å². The van der Waals surface area contributed by atoms with Gasteiger partial charge in [0.1, 0.15) is 11.6 Å². The number of hydrogen-bond acceptors (Lipinski definition) is 5. The monoisotopic (exact) mass is 450 g/mol. The molecule has 0 radical (unpaired) electrons. The Morgan fingerprint density at radius 2 is 1.88 bits per heavy atom. The van der Waals surface area contributed by atoms with Crippen LogP contribution >= 0.6 is 0 Å². The van der Waals surface area contributed by atoms with E-state index in [1.165, 1.54) is 48.5 Å². The number of halogens is 2. The first-order valence-corrected chi connectivity index (χ1v) is 10.3. The van der Waals surface area contributed by atoms with Crippen molar-refractivity contribution in [1.82, 2.24) is 10.3 Å². The molecular weight excluding hydrogens is 426 g/mol. The lowest BCUT2D eigenvalue weighted by Gasteiger charge is -2.19. The lowest BCUT2D eigenvalue weighted by Crippen LogP contribution is -2.30. The number of pyridine rings is 1. The number of nitrogens with zero attached hydrogens (tertiary/aromatic N) is 1. The highest BCUT2D eigenvalue weighted by atomic mass is 19.1. The third-order valence-corrected chi connectivity index (χ3v) is 5.00. The molecule has 6 nitrogen and oxygen atoms in total. The third kappa shape index (κ3) is 6.08.